The highest BCUT2D eigenvalue weighted by Gasteiger charge is 2.21. The lowest BCUT2D eigenvalue weighted by Gasteiger charge is -2.26. The highest BCUT2D eigenvalue weighted by Crippen LogP contribution is 2.37. The molecule has 0 radical (unpaired) electrons. The first-order valence-electron chi connectivity index (χ1n) is 8.63. The summed E-state index contributed by atoms with van der Waals surface area (Å²) in [6, 6.07) is 11.3. The van der Waals surface area contributed by atoms with Gasteiger partial charge >= 0.3 is 0 Å². The predicted octanol–water partition coefficient (Wildman–Crippen LogP) is 7.61. The molecule has 24 heavy (non-hydrogen) atoms. The summed E-state index contributed by atoms with van der Waals surface area (Å²) in [5.74, 6) is 0.271. The van der Waals surface area contributed by atoms with Crippen LogP contribution in [0.3, 0.4) is 0 Å². The number of hydrogen-bond donors (Lipinski definition) is 1. The fourth-order valence-electron chi connectivity index (χ4n) is 3.04. The van der Waals surface area contributed by atoms with Gasteiger partial charge in [0.05, 0.1) is 0 Å². The quantitative estimate of drug-likeness (QED) is 0.501. The van der Waals surface area contributed by atoms with Crippen LogP contribution in [0.5, 0.6) is 5.75 Å². The molecule has 0 amide bonds. The molecule has 0 unspecified atom stereocenters. The van der Waals surface area contributed by atoms with Gasteiger partial charge in [-0.1, -0.05) is 81.8 Å². The molecule has 130 valence electrons. The van der Waals surface area contributed by atoms with Gasteiger partial charge in [0, 0.05) is 15.6 Å². The molecule has 0 saturated carbocycles. The van der Waals surface area contributed by atoms with E-state index in [9.17, 15) is 5.11 Å². The number of phenols is 1. The van der Waals surface area contributed by atoms with Crippen LogP contribution in [-0.4, -0.2) is 5.11 Å². The molecule has 0 spiro atoms. The third kappa shape index (κ3) is 4.91. The molecule has 3 heteroatoms. The maximum atomic E-state index is 10.5. The van der Waals surface area contributed by atoms with E-state index < -0.39 is 0 Å². The minimum absolute atomic E-state index is 0.0513. The molecule has 2 aromatic carbocycles. The van der Waals surface area contributed by atoms with Crippen LogP contribution in [0.25, 0.3) is 11.1 Å². The fourth-order valence-corrected chi connectivity index (χ4v) is 3.57. The SMILES string of the molecule is CCCCCCC(C)(C)c1ccc(-c2cc(Cl)cc(Cl)c2)c(O)c1. The van der Waals surface area contributed by atoms with Gasteiger partial charge in [0.1, 0.15) is 5.75 Å². The number of phenolic OH excluding ortho intramolecular Hbond substituents is 1. The Morgan fingerprint density at radius 1 is 0.917 bits per heavy atom. The maximum absolute atomic E-state index is 10.5. The average molecular weight is 365 g/mol. The van der Waals surface area contributed by atoms with Crippen LogP contribution in [0.1, 0.15) is 58.4 Å². The number of aromatic hydroxyl groups is 1. The van der Waals surface area contributed by atoms with Crippen molar-refractivity contribution >= 4 is 23.2 Å². The summed E-state index contributed by atoms with van der Waals surface area (Å²) in [4.78, 5) is 0. The van der Waals surface area contributed by atoms with Gasteiger partial charge in [0.25, 0.3) is 0 Å². The highest BCUT2D eigenvalue weighted by atomic mass is 35.5. The Morgan fingerprint density at radius 2 is 1.58 bits per heavy atom. The minimum atomic E-state index is 0.0513. The highest BCUT2D eigenvalue weighted by molar-refractivity contribution is 6.35. The van der Waals surface area contributed by atoms with Gasteiger partial charge in [0.15, 0.2) is 0 Å². The molecule has 0 aromatic heterocycles. The number of benzene rings is 2. The van der Waals surface area contributed by atoms with Crippen molar-refractivity contribution in [1.29, 1.82) is 0 Å². The van der Waals surface area contributed by atoms with E-state index >= 15 is 0 Å². The largest absolute Gasteiger partial charge is 0.507 e. The summed E-state index contributed by atoms with van der Waals surface area (Å²) in [5, 5.41) is 11.6. The van der Waals surface area contributed by atoms with Gasteiger partial charge in [-0.05, 0) is 47.2 Å². The van der Waals surface area contributed by atoms with E-state index in [2.05, 4.69) is 26.8 Å². The summed E-state index contributed by atoms with van der Waals surface area (Å²) in [5.41, 5.74) is 2.80. The summed E-state index contributed by atoms with van der Waals surface area (Å²) < 4.78 is 0. The van der Waals surface area contributed by atoms with Crippen molar-refractivity contribution in [3.05, 3.63) is 52.0 Å². The second-order valence-electron chi connectivity index (χ2n) is 7.08. The summed E-state index contributed by atoms with van der Waals surface area (Å²) >= 11 is 12.1. The van der Waals surface area contributed by atoms with E-state index in [0.717, 1.165) is 23.1 Å². The Labute approximate surface area is 155 Å². The smallest absolute Gasteiger partial charge is 0.123 e. The first-order chi connectivity index (χ1) is 11.3. The molecule has 0 heterocycles. The van der Waals surface area contributed by atoms with Crippen molar-refractivity contribution in [1.82, 2.24) is 0 Å². The van der Waals surface area contributed by atoms with Crippen molar-refractivity contribution in [2.45, 2.75) is 58.3 Å². The first-order valence-corrected chi connectivity index (χ1v) is 9.39. The van der Waals surface area contributed by atoms with Crippen molar-refractivity contribution in [2.75, 3.05) is 0 Å². The lowest BCUT2D eigenvalue weighted by atomic mass is 9.79. The zero-order chi connectivity index (χ0) is 17.7. The molecule has 0 aliphatic heterocycles. The third-order valence-electron chi connectivity index (χ3n) is 4.61. The van der Waals surface area contributed by atoms with E-state index in [1.165, 1.54) is 25.7 Å². The zero-order valence-corrected chi connectivity index (χ0v) is 16.2. The molecule has 1 N–H and O–H groups in total. The number of rotatable bonds is 7. The topological polar surface area (TPSA) is 20.2 Å². The van der Waals surface area contributed by atoms with Crippen molar-refractivity contribution in [2.24, 2.45) is 0 Å². The van der Waals surface area contributed by atoms with Crippen molar-refractivity contribution in [3.8, 4) is 16.9 Å². The van der Waals surface area contributed by atoms with Crippen molar-refractivity contribution in [3.63, 3.8) is 0 Å². The summed E-state index contributed by atoms with van der Waals surface area (Å²) in [6.45, 7) is 6.71. The number of halogens is 2. The minimum Gasteiger partial charge on any atom is -0.507 e. The molecular formula is C21H26Cl2O. The van der Waals surface area contributed by atoms with Crippen LogP contribution < -0.4 is 0 Å². The van der Waals surface area contributed by atoms with Crippen LogP contribution in [0.4, 0.5) is 0 Å². The van der Waals surface area contributed by atoms with Crippen LogP contribution in [-0.2, 0) is 5.41 Å². The van der Waals surface area contributed by atoms with Gasteiger partial charge in [-0.3, -0.25) is 0 Å². The summed E-state index contributed by atoms with van der Waals surface area (Å²) in [7, 11) is 0. The van der Waals surface area contributed by atoms with Gasteiger partial charge in [-0.25, -0.2) is 0 Å². The molecule has 0 atom stereocenters. The lowest BCUT2D eigenvalue weighted by molar-refractivity contribution is 0.438. The Hall–Kier alpha value is -1.18. The fraction of sp³-hybridized carbons (Fsp3) is 0.429. The number of unbranched alkanes of at least 4 members (excludes halogenated alkanes) is 3. The predicted molar refractivity (Wildman–Crippen MR) is 105 cm³/mol. The van der Waals surface area contributed by atoms with E-state index in [4.69, 9.17) is 23.2 Å². The lowest BCUT2D eigenvalue weighted by Crippen LogP contribution is -2.16. The van der Waals surface area contributed by atoms with Crippen LogP contribution >= 0.6 is 23.2 Å². The third-order valence-corrected chi connectivity index (χ3v) is 5.04. The molecule has 2 rings (SSSR count). The van der Waals surface area contributed by atoms with Gasteiger partial charge in [-0.2, -0.15) is 0 Å². The van der Waals surface area contributed by atoms with E-state index in [-0.39, 0.29) is 11.2 Å². The monoisotopic (exact) mass is 364 g/mol. The normalized spacial score (nSPS) is 11.7. The molecule has 0 aliphatic carbocycles. The van der Waals surface area contributed by atoms with E-state index in [1.54, 1.807) is 6.07 Å². The molecule has 0 fully saturated rings. The molecule has 0 bridgehead atoms. The Bertz CT molecular complexity index is 672. The van der Waals surface area contributed by atoms with Gasteiger partial charge in [-0.15, -0.1) is 0 Å². The zero-order valence-electron chi connectivity index (χ0n) is 14.7. The van der Waals surface area contributed by atoms with Crippen LogP contribution in [0.15, 0.2) is 36.4 Å². The Balaban J connectivity index is 2.22. The second-order valence-corrected chi connectivity index (χ2v) is 7.96. The first kappa shape index (κ1) is 19.1. The maximum Gasteiger partial charge on any atom is 0.123 e. The van der Waals surface area contributed by atoms with Crippen LogP contribution in [0, 0.1) is 0 Å². The number of hydrogen-bond acceptors (Lipinski definition) is 1. The average Bonchev–Trinajstić information content (AvgIpc) is 2.50. The molecule has 0 aliphatic rings. The van der Waals surface area contributed by atoms with Gasteiger partial charge in [0.2, 0.25) is 0 Å². The van der Waals surface area contributed by atoms with Crippen molar-refractivity contribution < 1.29 is 5.11 Å². The molecular weight excluding hydrogens is 339 g/mol. The summed E-state index contributed by atoms with van der Waals surface area (Å²) in [6.07, 6.45) is 6.14. The van der Waals surface area contributed by atoms with E-state index in [0.29, 0.717) is 10.0 Å². The standard InChI is InChI=1S/C21H26Cl2O/c1-4-5-6-7-10-21(2,3)16-8-9-19(20(24)13-16)15-11-17(22)14-18(23)12-15/h8-9,11-14,24H,4-7,10H2,1-3H3. The molecule has 1 nitrogen and oxygen atoms in total. The molecule has 0 saturated heterocycles. The Morgan fingerprint density at radius 3 is 2.17 bits per heavy atom. The second kappa shape index (κ2) is 8.27. The van der Waals surface area contributed by atoms with Crippen LogP contribution in [0.2, 0.25) is 10.0 Å². The Kier molecular flexibility index (Phi) is 6.60. The van der Waals surface area contributed by atoms with E-state index in [1.807, 2.05) is 24.3 Å². The van der Waals surface area contributed by atoms with Gasteiger partial charge < -0.3 is 5.11 Å². The molecule has 2 aromatic rings.